The highest BCUT2D eigenvalue weighted by Gasteiger charge is 2.38. The molecule has 1 heterocycles. The van der Waals surface area contributed by atoms with E-state index in [0.29, 0.717) is 6.04 Å². The van der Waals surface area contributed by atoms with Crippen LogP contribution in [0, 0.1) is 5.92 Å². The number of primary amides is 1. The van der Waals surface area contributed by atoms with E-state index in [2.05, 4.69) is 16.3 Å². The number of fused-ring (bicyclic) bond motifs is 2. The Kier molecular flexibility index (Phi) is 2.42. The fraction of sp³-hybridized carbons (Fsp3) is 0.462. The highest BCUT2D eigenvalue weighted by molar-refractivity contribution is 5.92. The van der Waals surface area contributed by atoms with E-state index in [9.17, 15) is 4.79 Å². The molecule has 2 amide bonds. The molecule has 1 aliphatic carbocycles. The molecule has 1 saturated heterocycles. The van der Waals surface area contributed by atoms with Gasteiger partial charge in [-0.05, 0) is 37.3 Å². The third-order valence-electron chi connectivity index (χ3n) is 3.88. The van der Waals surface area contributed by atoms with Crippen molar-refractivity contribution in [1.82, 2.24) is 0 Å². The zero-order valence-corrected chi connectivity index (χ0v) is 9.73. The van der Waals surface area contributed by atoms with Crippen molar-refractivity contribution in [2.75, 3.05) is 16.8 Å². The molecule has 0 unspecified atom stereocenters. The number of carbonyl (C=O) groups excluding carboxylic acids is 1. The van der Waals surface area contributed by atoms with E-state index in [1.165, 1.54) is 19.3 Å². The lowest BCUT2D eigenvalue weighted by Crippen LogP contribution is -2.33. The minimum atomic E-state index is -0.498. The van der Waals surface area contributed by atoms with Crippen LogP contribution in [0.5, 0.6) is 0 Å². The fourth-order valence-corrected chi connectivity index (χ4v) is 3.18. The number of anilines is 2. The first-order valence-electron chi connectivity index (χ1n) is 6.16. The van der Waals surface area contributed by atoms with E-state index in [0.717, 1.165) is 23.8 Å². The van der Waals surface area contributed by atoms with Gasteiger partial charge in [-0.2, -0.15) is 0 Å². The topological polar surface area (TPSA) is 58.4 Å². The molecule has 0 radical (unpaired) electrons. The van der Waals surface area contributed by atoms with Crippen molar-refractivity contribution >= 4 is 17.4 Å². The van der Waals surface area contributed by atoms with Crippen LogP contribution in [0.1, 0.15) is 19.3 Å². The lowest BCUT2D eigenvalue weighted by Gasteiger charge is -2.30. The van der Waals surface area contributed by atoms with Gasteiger partial charge in [0.1, 0.15) is 0 Å². The Labute approximate surface area is 101 Å². The van der Waals surface area contributed by atoms with Gasteiger partial charge in [-0.25, -0.2) is 4.79 Å². The molecular weight excluding hydrogens is 214 g/mol. The number of nitrogens with one attached hydrogen (secondary N) is 1. The molecule has 2 aliphatic rings. The summed E-state index contributed by atoms with van der Waals surface area (Å²) in [5, 5.41) is 2.71. The van der Waals surface area contributed by atoms with E-state index in [-0.39, 0.29) is 0 Å². The van der Waals surface area contributed by atoms with E-state index in [1.807, 2.05) is 18.2 Å². The molecule has 1 saturated carbocycles. The molecule has 4 heteroatoms. The van der Waals surface area contributed by atoms with Crippen LogP contribution in [0.2, 0.25) is 0 Å². The monoisotopic (exact) mass is 231 g/mol. The molecule has 90 valence electrons. The molecule has 17 heavy (non-hydrogen) atoms. The van der Waals surface area contributed by atoms with Gasteiger partial charge in [0.2, 0.25) is 0 Å². The van der Waals surface area contributed by atoms with Crippen molar-refractivity contribution in [2.24, 2.45) is 11.7 Å². The number of urea groups is 1. The molecule has 0 aromatic heterocycles. The van der Waals surface area contributed by atoms with Crippen LogP contribution < -0.4 is 16.0 Å². The van der Waals surface area contributed by atoms with Gasteiger partial charge in [0, 0.05) is 12.6 Å². The van der Waals surface area contributed by atoms with Crippen LogP contribution in [0.15, 0.2) is 24.3 Å². The molecule has 1 aliphatic heterocycles. The van der Waals surface area contributed by atoms with Gasteiger partial charge in [-0.3, -0.25) is 0 Å². The van der Waals surface area contributed by atoms with Crippen LogP contribution in [0.25, 0.3) is 0 Å². The van der Waals surface area contributed by atoms with Crippen LogP contribution >= 0.6 is 0 Å². The summed E-state index contributed by atoms with van der Waals surface area (Å²) >= 11 is 0. The number of nitrogens with two attached hydrogens (primary N) is 1. The molecule has 1 aromatic carbocycles. The Hall–Kier alpha value is -1.71. The highest BCUT2D eigenvalue weighted by Crippen LogP contribution is 2.42. The van der Waals surface area contributed by atoms with Gasteiger partial charge in [0.05, 0.1) is 11.4 Å². The van der Waals surface area contributed by atoms with Crippen LogP contribution in [-0.4, -0.2) is 18.6 Å². The summed E-state index contributed by atoms with van der Waals surface area (Å²) < 4.78 is 0. The summed E-state index contributed by atoms with van der Waals surface area (Å²) in [5.74, 6) is 0.835. The maximum absolute atomic E-state index is 11.0. The standard InChI is InChI=1S/C13H17N3O/c14-13(17)15-11-3-1-2-4-12(11)16-8-9-5-6-10(16)7-9/h1-4,9-10H,5-8H2,(H3,14,15,17)/t9-,10-/m0/s1. The van der Waals surface area contributed by atoms with Gasteiger partial charge in [0.25, 0.3) is 0 Å². The van der Waals surface area contributed by atoms with E-state index < -0.39 is 6.03 Å². The number of nitrogens with zero attached hydrogens (tertiary/aromatic N) is 1. The number of hydrogen-bond donors (Lipinski definition) is 2. The zero-order chi connectivity index (χ0) is 11.8. The molecule has 0 spiro atoms. The first-order valence-corrected chi connectivity index (χ1v) is 6.16. The lowest BCUT2D eigenvalue weighted by atomic mass is 10.1. The van der Waals surface area contributed by atoms with Crippen LogP contribution in [-0.2, 0) is 0 Å². The van der Waals surface area contributed by atoms with Crippen LogP contribution in [0.3, 0.4) is 0 Å². The third-order valence-corrected chi connectivity index (χ3v) is 3.88. The average molecular weight is 231 g/mol. The van der Waals surface area contributed by atoms with E-state index in [1.54, 1.807) is 0 Å². The van der Waals surface area contributed by atoms with Crippen molar-refractivity contribution in [3.63, 3.8) is 0 Å². The molecular formula is C13H17N3O. The van der Waals surface area contributed by atoms with Crippen LogP contribution in [0.4, 0.5) is 16.2 Å². The second-order valence-corrected chi connectivity index (χ2v) is 4.99. The van der Waals surface area contributed by atoms with Gasteiger partial charge >= 0.3 is 6.03 Å². The minimum Gasteiger partial charge on any atom is -0.367 e. The maximum atomic E-state index is 11.0. The fourth-order valence-electron chi connectivity index (χ4n) is 3.18. The summed E-state index contributed by atoms with van der Waals surface area (Å²) in [7, 11) is 0. The molecule has 4 nitrogen and oxygen atoms in total. The van der Waals surface area contributed by atoms with Gasteiger partial charge in [-0.1, -0.05) is 12.1 Å². The predicted molar refractivity (Wildman–Crippen MR) is 68.1 cm³/mol. The summed E-state index contributed by atoms with van der Waals surface area (Å²) in [6.07, 6.45) is 3.92. The summed E-state index contributed by atoms with van der Waals surface area (Å²) in [4.78, 5) is 13.4. The predicted octanol–water partition coefficient (Wildman–Crippen LogP) is 2.17. The Morgan fingerprint density at radius 3 is 2.82 bits per heavy atom. The Morgan fingerprint density at radius 2 is 2.18 bits per heavy atom. The van der Waals surface area contributed by atoms with Crippen molar-refractivity contribution < 1.29 is 4.79 Å². The quantitative estimate of drug-likeness (QED) is 0.819. The smallest absolute Gasteiger partial charge is 0.316 e. The zero-order valence-electron chi connectivity index (χ0n) is 9.73. The molecule has 2 bridgehead atoms. The Morgan fingerprint density at radius 1 is 1.35 bits per heavy atom. The molecule has 2 atom stereocenters. The number of rotatable bonds is 2. The number of carbonyl (C=O) groups is 1. The van der Waals surface area contributed by atoms with Gasteiger partial charge in [-0.15, -0.1) is 0 Å². The first kappa shape index (κ1) is 10.4. The SMILES string of the molecule is NC(=O)Nc1ccccc1N1C[C@H]2CC[C@H]1C2. The third kappa shape index (κ3) is 1.84. The summed E-state index contributed by atoms with van der Waals surface area (Å²) in [6, 6.07) is 8.05. The van der Waals surface area contributed by atoms with E-state index >= 15 is 0 Å². The van der Waals surface area contributed by atoms with Crippen molar-refractivity contribution in [3.8, 4) is 0 Å². The normalized spacial score (nSPS) is 26.2. The van der Waals surface area contributed by atoms with Crippen molar-refractivity contribution in [3.05, 3.63) is 24.3 Å². The maximum Gasteiger partial charge on any atom is 0.316 e. The van der Waals surface area contributed by atoms with Crippen molar-refractivity contribution in [2.45, 2.75) is 25.3 Å². The average Bonchev–Trinajstić information content (AvgIpc) is 2.90. The summed E-state index contributed by atoms with van der Waals surface area (Å²) in [6.45, 7) is 1.11. The molecule has 3 rings (SSSR count). The Balaban J connectivity index is 1.89. The van der Waals surface area contributed by atoms with Crippen molar-refractivity contribution in [1.29, 1.82) is 0 Å². The first-order chi connectivity index (χ1) is 8.24. The molecule has 1 aromatic rings. The molecule has 2 fully saturated rings. The van der Waals surface area contributed by atoms with E-state index in [4.69, 9.17) is 5.73 Å². The number of amides is 2. The largest absolute Gasteiger partial charge is 0.367 e. The second kappa shape index (κ2) is 3.95. The lowest BCUT2D eigenvalue weighted by molar-refractivity contribution is 0.259. The summed E-state index contributed by atoms with van der Waals surface area (Å²) in [5.41, 5.74) is 7.14. The van der Waals surface area contributed by atoms with Gasteiger partial charge < -0.3 is 16.0 Å². The number of hydrogen-bond acceptors (Lipinski definition) is 2. The molecule has 3 N–H and O–H groups in total. The number of benzene rings is 1. The van der Waals surface area contributed by atoms with Gasteiger partial charge in [0.15, 0.2) is 0 Å². The highest BCUT2D eigenvalue weighted by atomic mass is 16.2. The number of piperidine rings is 1. The minimum absolute atomic E-state index is 0.498. The number of para-hydroxylation sites is 2. The Bertz CT molecular complexity index is 446. The second-order valence-electron chi connectivity index (χ2n) is 4.99.